The second-order valence-corrected chi connectivity index (χ2v) is 3.97. The summed E-state index contributed by atoms with van der Waals surface area (Å²) in [6.07, 6.45) is 1.35. The van der Waals surface area contributed by atoms with Gasteiger partial charge in [0.2, 0.25) is 5.89 Å². The minimum atomic E-state index is -0.941. The monoisotopic (exact) mass is 227 g/mol. The van der Waals surface area contributed by atoms with Crippen molar-refractivity contribution in [3.63, 3.8) is 0 Å². The molecule has 90 valence electrons. The third-order valence-electron chi connectivity index (χ3n) is 2.43. The number of rotatable bonds is 6. The van der Waals surface area contributed by atoms with Crippen molar-refractivity contribution in [3.05, 3.63) is 11.7 Å². The van der Waals surface area contributed by atoms with Gasteiger partial charge in [-0.3, -0.25) is 10.1 Å². The van der Waals surface area contributed by atoms with E-state index in [-0.39, 0.29) is 0 Å². The molecule has 0 saturated heterocycles. The van der Waals surface area contributed by atoms with Gasteiger partial charge < -0.3 is 9.63 Å². The van der Waals surface area contributed by atoms with Crippen LogP contribution in [0, 0.1) is 6.92 Å². The van der Waals surface area contributed by atoms with E-state index in [0.717, 1.165) is 6.42 Å². The van der Waals surface area contributed by atoms with Gasteiger partial charge in [0.05, 0.1) is 6.54 Å². The molecule has 1 unspecified atom stereocenters. The first-order valence-electron chi connectivity index (χ1n) is 5.25. The van der Waals surface area contributed by atoms with Gasteiger partial charge >= 0.3 is 5.97 Å². The van der Waals surface area contributed by atoms with Crippen LogP contribution in [-0.2, 0) is 11.3 Å². The van der Waals surface area contributed by atoms with Crippen molar-refractivity contribution >= 4 is 5.97 Å². The SMILES string of the molecule is CCCC(C)(NCc1noc(C)n1)C(=O)O. The van der Waals surface area contributed by atoms with Crippen LogP contribution < -0.4 is 5.32 Å². The summed E-state index contributed by atoms with van der Waals surface area (Å²) in [5.41, 5.74) is -0.941. The molecular weight excluding hydrogens is 210 g/mol. The van der Waals surface area contributed by atoms with Crippen LogP contribution in [0.3, 0.4) is 0 Å². The lowest BCUT2D eigenvalue weighted by atomic mass is 9.96. The number of carboxylic acids is 1. The van der Waals surface area contributed by atoms with Crippen molar-refractivity contribution in [2.45, 2.75) is 45.7 Å². The lowest BCUT2D eigenvalue weighted by molar-refractivity contribution is -0.144. The Kier molecular flexibility index (Phi) is 4.00. The number of hydrogen-bond donors (Lipinski definition) is 2. The van der Waals surface area contributed by atoms with Gasteiger partial charge in [0, 0.05) is 6.92 Å². The van der Waals surface area contributed by atoms with Gasteiger partial charge in [-0.1, -0.05) is 18.5 Å². The lowest BCUT2D eigenvalue weighted by Crippen LogP contribution is -2.49. The zero-order valence-electron chi connectivity index (χ0n) is 9.78. The van der Waals surface area contributed by atoms with E-state index in [9.17, 15) is 4.79 Å². The lowest BCUT2D eigenvalue weighted by Gasteiger charge is -2.24. The molecule has 1 aromatic heterocycles. The molecule has 1 aromatic rings. The number of nitrogens with zero attached hydrogens (tertiary/aromatic N) is 2. The van der Waals surface area contributed by atoms with Crippen LogP contribution in [-0.4, -0.2) is 26.8 Å². The van der Waals surface area contributed by atoms with E-state index in [4.69, 9.17) is 9.63 Å². The molecule has 6 nitrogen and oxygen atoms in total. The molecule has 1 heterocycles. The maximum atomic E-state index is 11.1. The minimum Gasteiger partial charge on any atom is -0.480 e. The Morgan fingerprint density at radius 2 is 2.31 bits per heavy atom. The Labute approximate surface area is 94.0 Å². The Morgan fingerprint density at radius 1 is 1.62 bits per heavy atom. The van der Waals surface area contributed by atoms with E-state index in [1.54, 1.807) is 13.8 Å². The molecule has 0 bridgehead atoms. The highest BCUT2D eigenvalue weighted by Gasteiger charge is 2.31. The number of carbonyl (C=O) groups is 1. The fraction of sp³-hybridized carbons (Fsp3) is 0.700. The van der Waals surface area contributed by atoms with E-state index in [1.165, 1.54) is 0 Å². The molecule has 0 spiro atoms. The molecule has 1 rings (SSSR count). The zero-order valence-corrected chi connectivity index (χ0v) is 9.78. The second-order valence-electron chi connectivity index (χ2n) is 3.97. The van der Waals surface area contributed by atoms with Crippen molar-refractivity contribution in [2.75, 3.05) is 0 Å². The van der Waals surface area contributed by atoms with Crippen LogP contribution in [0.1, 0.15) is 38.4 Å². The first kappa shape index (κ1) is 12.6. The molecule has 0 fully saturated rings. The van der Waals surface area contributed by atoms with E-state index >= 15 is 0 Å². The van der Waals surface area contributed by atoms with Crippen LogP contribution in [0.2, 0.25) is 0 Å². The predicted molar refractivity (Wildman–Crippen MR) is 56.8 cm³/mol. The molecule has 2 N–H and O–H groups in total. The zero-order chi connectivity index (χ0) is 12.2. The summed E-state index contributed by atoms with van der Waals surface area (Å²) in [6, 6.07) is 0. The largest absolute Gasteiger partial charge is 0.480 e. The highest BCUT2D eigenvalue weighted by atomic mass is 16.5. The minimum absolute atomic E-state index is 0.292. The van der Waals surface area contributed by atoms with Crippen LogP contribution in [0.5, 0.6) is 0 Å². The Bertz CT molecular complexity index is 364. The normalized spacial score (nSPS) is 14.7. The average molecular weight is 227 g/mol. The molecule has 0 radical (unpaired) electrons. The number of nitrogens with one attached hydrogen (secondary N) is 1. The number of aromatic nitrogens is 2. The summed E-state index contributed by atoms with van der Waals surface area (Å²) in [6.45, 7) is 5.59. The molecule has 16 heavy (non-hydrogen) atoms. The van der Waals surface area contributed by atoms with Crippen molar-refractivity contribution in [1.82, 2.24) is 15.5 Å². The van der Waals surface area contributed by atoms with Crippen LogP contribution in [0.15, 0.2) is 4.52 Å². The van der Waals surface area contributed by atoms with E-state index in [0.29, 0.717) is 24.7 Å². The fourth-order valence-electron chi connectivity index (χ4n) is 1.46. The van der Waals surface area contributed by atoms with E-state index < -0.39 is 11.5 Å². The number of hydrogen-bond acceptors (Lipinski definition) is 5. The van der Waals surface area contributed by atoms with Gasteiger partial charge in [-0.2, -0.15) is 4.98 Å². The number of aryl methyl sites for hydroxylation is 1. The third kappa shape index (κ3) is 3.03. The van der Waals surface area contributed by atoms with Crippen molar-refractivity contribution < 1.29 is 14.4 Å². The fourth-order valence-corrected chi connectivity index (χ4v) is 1.46. The van der Waals surface area contributed by atoms with Gasteiger partial charge in [-0.05, 0) is 13.3 Å². The third-order valence-corrected chi connectivity index (χ3v) is 2.43. The van der Waals surface area contributed by atoms with Crippen molar-refractivity contribution in [3.8, 4) is 0 Å². The van der Waals surface area contributed by atoms with Gasteiger partial charge in [0.25, 0.3) is 0 Å². The van der Waals surface area contributed by atoms with Crippen molar-refractivity contribution in [1.29, 1.82) is 0 Å². The highest BCUT2D eigenvalue weighted by Crippen LogP contribution is 2.13. The molecule has 0 aliphatic carbocycles. The molecule has 1 atom stereocenters. The van der Waals surface area contributed by atoms with Gasteiger partial charge in [0.15, 0.2) is 5.82 Å². The molecule has 0 saturated carbocycles. The molecule has 0 amide bonds. The van der Waals surface area contributed by atoms with Gasteiger partial charge in [0.1, 0.15) is 5.54 Å². The average Bonchev–Trinajstić information content (AvgIpc) is 2.61. The summed E-state index contributed by atoms with van der Waals surface area (Å²) >= 11 is 0. The number of aliphatic carboxylic acids is 1. The Hall–Kier alpha value is -1.43. The molecule has 0 aliphatic heterocycles. The maximum absolute atomic E-state index is 11.1. The quantitative estimate of drug-likeness (QED) is 0.756. The molecule has 0 aliphatic rings. The Morgan fingerprint density at radius 3 is 2.75 bits per heavy atom. The summed E-state index contributed by atoms with van der Waals surface area (Å²) < 4.78 is 4.80. The highest BCUT2D eigenvalue weighted by molar-refractivity contribution is 5.78. The van der Waals surface area contributed by atoms with Crippen molar-refractivity contribution in [2.24, 2.45) is 0 Å². The maximum Gasteiger partial charge on any atom is 0.323 e. The van der Waals surface area contributed by atoms with E-state index in [2.05, 4.69) is 15.5 Å². The molecule has 6 heteroatoms. The summed E-state index contributed by atoms with van der Waals surface area (Å²) in [5.74, 6) is 0.0833. The predicted octanol–water partition coefficient (Wildman–Crippen LogP) is 1.11. The standard InChI is InChI=1S/C10H17N3O3/c1-4-5-10(3,9(14)15)11-6-8-12-7(2)16-13-8/h11H,4-6H2,1-3H3,(H,14,15). The summed E-state index contributed by atoms with van der Waals surface area (Å²) in [7, 11) is 0. The number of carboxylic acid groups (broad SMARTS) is 1. The van der Waals surface area contributed by atoms with Crippen LogP contribution in [0.25, 0.3) is 0 Å². The summed E-state index contributed by atoms with van der Waals surface area (Å²) in [5, 5.41) is 15.8. The van der Waals surface area contributed by atoms with Crippen LogP contribution >= 0.6 is 0 Å². The Balaban J connectivity index is 2.60. The van der Waals surface area contributed by atoms with Gasteiger partial charge in [-0.15, -0.1) is 0 Å². The molecular formula is C10H17N3O3. The van der Waals surface area contributed by atoms with Gasteiger partial charge in [-0.25, -0.2) is 0 Å². The first-order valence-corrected chi connectivity index (χ1v) is 5.25. The second kappa shape index (κ2) is 5.07. The smallest absolute Gasteiger partial charge is 0.323 e. The van der Waals surface area contributed by atoms with E-state index in [1.807, 2.05) is 6.92 Å². The summed E-state index contributed by atoms with van der Waals surface area (Å²) in [4.78, 5) is 15.1. The first-order chi connectivity index (χ1) is 7.48. The molecule has 0 aromatic carbocycles. The topological polar surface area (TPSA) is 88.3 Å². The van der Waals surface area contributed by atoms with Crippen LogP contribution in [0.4, 0.5) is 0 Å².